The van der Waals surface area contributed by atoms with E-state index in [4.69, 9.17) is 9.47 Å². The highest BCUT2D eigenvalue weighted by Gasteiger charge is 2.36. The van der Waals surface area contributed by atoms with Crippen LogP contribution in [-0.2, 0) is 0 Å². The average molecular weight is 329 g/mol. The molecule has 0 radical (unpaired) electrons. The molecule has 1 amide bonds. The molecule has 2 atom stereocenters. The van der Waals surface area contributed by atoms with Gasteiger partial charge in [-0.25, -0.2) is 4.39 Å². The van der Waals surface area contributed by atoms with E-state index in [0.29, 0.717) is 29.0 Å². The van der Waals surface area contributed by atoms with Gasteiger partial charge in [-0.15, -0.1) is 0 Å². The molecular weight excluding hydrogens is 313 g/mol. The van der Waals surface area contributed by atoms with E-state index in [9.17, 15) is 14.3 Å². The summed E-state index contributed by atoms with van der Waals surface area (Å²) in [5, 5.41) is 10.0. The van der Waals surface area contributed by atoms with Crippen molar-refractivity contribution in [3.8, 4) is 11.5 Å². The van der Waals surface area contributed by atoms with Crippen LogP contribution in [0.1, 0.15) is 28.4 Å². The second-order valence-electron chi connectivity index (χ2n) is 5.99. The van der Waals surface area contributed by atoms with Crippen LogP contribution in [0.3, 0.4) is 0 Å². The standard InChI is InChI=1S/C18H16FNO4/c19-13-3-1-2-11(6-13)15-8-14(21)9-20(15)18(22)12-4-5-16-17(7-12)24-10-23-16/h1-7,14-15,21H,8-10H2. The number of likely N-dealkylation sites (tertiary alicyclic amines) is 1. The molecule has 2 unspecified atom stereocenters. The number of rotatable bonds is 2. The van der Waals surface area contributed by atoms with Crippen molar-refractivity contribution in [2.45, 2.75) is 18.6 Å². The van der Waals surface area contributed by atoms with Gasteiger partial charge in [0.1, 0.15) is 5.82 Å². The van der Waals surface area contributed by atoms with Crippen LogP contribution in [0, 0.1) is 5.82 Å². The maximum atomic E-state index is 13.5. The molecule has 0 aromatic heterocycles. The first kappa shape index (κ1) is 15.0. The molecule has 0 bridgehead atoms. The minimum absolute atomic E-state index is 0.140. The van der Waals surface area contributed by atoms with Gasteiger partial charge in [0.05, 0.1) is 12.1 Å². The van der Waals surface area contributed by atoms with E-state index >= 15 is 0 Å². The summed E-state index contributed by atoms with van der Waals surface area (Å²) in [5.74, 6) is 0.557. The van der Waals surface area contributed by atoms with E-state index in [1.807, 2.05) is 0 Å². The number of ether oxygens (including phenoxy) is 2. The molecule has 4 rings (SSSR count). The zero-order chi connectivity index (χ0) is 16.7. The molecule has 2 aliphatic rings. The zero-order valence-corrected chi connectivity index (χ0v) is 12.8. The topological polar surface area (TPSA) is 59.0 Å². The number of nitrogens with zero attached hydrogens (tertiary/aromatic N) is 1. The molecule has 1 fully saturated rings. The monoisotopic (exact) mass is 329 g/mol. The largest absolute Gasteiger partial charge is 0.454 e. The second-order valence-corrected chi connectivity index (χ2v) is 5.99. The van der Waals surface area contributed by atoms with Gasteiger partial charge in [-0.05, 0) is 42.3 Å². The van der Waals surface area contributed by atoms with Gasteiger partial charge >= 0.3 is 0 Å². The van der Waals surface area contributed by atoms with E-state index in [-0.39, 0.29) is 31.1 Å². The number of halogens is 1. The van der Waals surface area contributed by atoms with Gasteiger partial charge in [-0.1, -0.05) is 12.1 Å². The molecule has 2 aromatic carbocycles. The van der Waals surface area contributed by atoms with Crippen molar-refractivity contribution < 1.29 is 23.8 Å². The van der Waals surface area contributed by atoms with Gasteiger partial charge in [0.2, 0.25) is 6.79 Å². The summed E-state index contributed by atoms with van der Waals surface area (Å²) in [6, 6.07) is 10.8. The predicted octanol–water partition coefficient (Wildman–Crippen LogP) is 2.50. The Balaban J connectivity index is 1.64. The number of aliphatic hydroxyl groups excluding tert-OH is 1. The molecule has 2 heterocycles. The number of amides is 1. The summed E-state index contributed by atoms with van der Waals surface area (Å²) in [4.78, 5) is 14.5. The average Bonchev–Trinajstić information content (AvgIpc) is 3.19. The third-order valence-corrected chi connectivity index (χ3v) is 4.39. The Hall–Kier alpha value is -2.60. The summed E-state index contributed by atoms with van der Waals surface area (Å²) < 4.78 is 24.1. The fraction of sp³-hybridized carbons (Fsp3) is 0.278. The molecular formula is C18H16FNO4. The SMILES string of the molecule is O=C(c1ccc2c(c1)OCO2)N1CC(O)CC1c1cccc(F)c1. The van der Waals surface area contributed by atoms with Crippen LogP contribution in [0.5, 0.6) is 11.5 Å². The highest BCUT2D eigenvalue weighted by molar-refractivity contribution is 5.95. The summed E-state index contributed by atoms with van der Waals surface area (Å²) in [6.07, 6.45) is -0.240. The normalized spacial score (nSPS) is 22.0. The molecule has 6 heteroatoms. The number of carbonyl (C=O) groups excluding carboxylic acids is 1. The first-order chi connectivity index (χ1) is 11.6. The molecule has 1 saturated heterocycles. The second kappa shape index (κ2) is 5.79. The molecule has 24 heavy (non-hydrogen) atoms. The van der Waals surface area contributed by atoms with Crippen molar-refractivity contribution in [3.63, 3.8) is 0 Å². The lowest BCUT2D eigenvalue weighted by atomic mass is 10.0. The minimum atomic E-state index is -0.628. The lowest BCUT2D eigenvalue weighted by Gasteiger charge is -2.25. The van der Waals surface area contributed by atoms with Gasteiger partial charge in [0.25, 0.3) is 5.91 Å². The van der Waals surface area contributed by atoms with Gasteiger partial charge < -0.3 is 19.5 Å². The van der Waals surface area contributed by atoms with Crippen molar-refractivity contribution in [3.05, 3.63) is 59.4 Å². The Kier molecular flexibility index (Phi) is 3.61. The lowest BCUT2D eigenvalue weighted by molar-refractivity contribution is 0.0715. The first-order valence-corrected chi connectivity index (χ1v) is 7.76. The summed E-state index contributed by atoms with van der Waals surface area (Å²) in [5.41, 5.74) is 1.13. The Labute approximate surface area is 138 Å². The predicted molar refractivity (Wildman–Crippen MR) is 83.4 cm³/mol. The maximum absolute atomic E-state index is 13.5. The number of β-amino-alcohol motifs (C(OH)–C–C–N with tert-alkyl or cyclic N) is 1. The van der Waals surface area contributed by atoms with E-state index in [2.05, 4.69) is 0 Å². The first-order valence-electron chi connectivity index (χ1n) is 7.76. The van der Waals surface area contributed by atoms with Crippen LogP contribution < -0.4 is 9.47 Å². The van der Waals surface area contributed by atoms with E-state index in [1.54, 1.807) is 35.2 Å². The van der Waals surface area contributed by atoms with Gasteiger partial charge in [0.15, 0.2) is 11.5 Å². The van der Waals surface area contributed by atoms with Gasteiger partial charge in [-0.2, -0.15) is 0 Å². The summed E-state index contributed by atoms with van der Waals surface area (Å²) in [7, 11) is 0. The zero-order valence-electron chi connectivity index (χ0n) is 12.8. The molecule has 1 N–H and O–H groups in total. The van der Waals surface area contributed by atoms with Crippen LogP contribution in [0.2, 0.25) is 0 Å². The van der Waals surface area contributed by atoms with E-state index in [1.165, 1.54) is 12.1 Å². The molecule has 0 aliphatic carbocycles. The van der Waals surface area contributed by atoms with Crippen molar-refractivity contribution in [1.82, 2.24) is 4.90 Å². The number of aliphatic hydroxyl groups is 1. The number of fused-ring (bicyclic) bond motifs is 1. The quantitative estimate of drug-likeness (QED) is 0.920. The fourth-order valence-corrected chi connectivity index (χ4v) is 3.26. The van der Waals surface area contributed by atoms with Gasteiger partial charge in [-0.3, -0.25) is 4.79 Å². The molecule has 124 valence electrons. The maximum Gasteiger partial charge on any atom is 0.254 e. The van der Waals surface area contributed by atoms with Gasteiger partial charge in [0, 0.05) is 12.1 Å². The Bertz CT molecular complexity index is 794. The van der Waals surface area contributed by atoms with Crippen molar-refractivity contribution in [2.75, 3.05) is 13.3 Å². The third kappa shape index (κ3) is 2.59. The summed E-state index contributed by atoms with van der Waals surface area (Å²) in [6.45, 7) is 0.357. The molecule has 2 aliphatic heterocycles. The number of hydrogen-bond donors (Lipinski definition) is 1. The van der Waals surface area contributed by atoms with Crippen LogP contribution in [0.4, 0.5) is 4.39 Å². The Morgan fingerprint density at radius 2 is 2.00 bits per heavy atom. The molecule has 2 aromatic rings. The van der Waals surface area contributed by atoms with Crippen LogP contribution >= 0.6 is 0 Å². The van der Waals surface area contributed by atoms with Crippen LogP contribution in [-0.4, -0.2) is 35.4 Å². The van der Waals surface area contributed by atoms with Crippen molar-refractivity contribution >= 4 is 5.91 Å². The van der Waals surface area contributed by atoms with Crippen LogP contribution in [0.15, 0.2) is 42.5 Å². The Morgan fingerprint density at radius 3 is 2.83 bits per heavy atom. The minimum Gasteiger partial charge on any atom is -0.454 e. The fourth-order valence-electron chi connectivity index (χ4n) is 3.26. The van der Waals surface area contributed by atoms with Crippen molar-refractivity contribution in [2.24, 2.45) is 0 Å². The lowest BCUT2D eigenvalue weighted by Crippen LogP contribution is -2.31. The highest BCUT2D eigenvalue weighted by Crippen LogP contribution is 2.36. The van der Waals surface area contributed by atoms with Crippen molar-refractivity contribution in [1.29, 1.82) is 0 Å². The highest BCUT2D eigenvalue weighted by atomic mass is 19.1. The van der Waals surface area contributed by atoms with Crippen LogP contribution in [0.25, 0.3) is 0 Å². The number of hydrogen-bond acceptors (Lipinski definition) is 4. The van der Waals surface area contributed by atoms with E-state index < -0.39 is 6.10 Å². The van der Waals surface area contributed by atoms with E-state index in [0.717, 1.165) is 0 Å². The number of benzene rings is 2. The third-order valence-electron chi connectivity index (χ3n) is 4.39. The molecule has 5 nitrogen and oxygen atoms in total. The smallest absolute Gasteiger partial charge is 0.254 e. The Morgan fingerprint density at radius 1 is 1.17 bits per heavy atom. The summed E-state index contributed by atoms with van der Waals surface area (Å²) >= 11 is 0. The molecule has 0 saturated carbocycles. The molecule has 0 spiro atoms. The number of carbonyl (C=O) groups is 1.